The van der Waals surface area contributed by atoms with Gasteiger partial charge in [0.05, 0.1) is 13.7 Å². The lowest BCUT2D eigenvalue weighted by Crippen LogP contribution is -2.38. The van der Waals surface area contributed by atoms with E-state index in [4.69, 9.17) is 10.5 Å². The number of rotatable bonds is 3. The number of nitrogens with zero attached hydrogens (tertiary/aromatic N) is 2. The molecule has 0 aromatic heterocycles. The van der Waals surface area contributed by atoms with Crippen molar-refractivity contribution in [1.29, 1.82) is 0 Å². The fourth-order valence-corrected chi connectivity index (χ4v) is 2.43. The number of hydrogen-bond acceptors (Lipinski definition) is 3. The number of ether oxygens (including phenoxy) is 1. The maximum Gasteiger partial charge on any atom is 0.191 e. The van der Waals surface area contributed by atoms with Gasteiger partial charge in [-0.25, -0.2) is 4.99 Å². The number of methoxy groups -OCH3 is 1. The Morgan fingerprint density at radius 2 is 1.95 bits per heavy atom. The standard InChI is InChI=1S/C15H23N3O2.HI/c1-20-13-8-6-7-12(14(13)19)11-17-15(16)18-9-4-2-3-5-10-18;/h6-8,19H,2-5,9-11H2,1H3,(H2,16,17);1H. The molecule has 118 valence electrons. The molecule has 0 aliphatic carbocycles. The van der Waals surface area contributed by atoms with Gasteiger partial charge >= 0.3 is 0 Å². The van der Waals surface area contributed by atoms with Crippen molar-refractivity contribution in [2.24, 2.45) is 10.7 Å². The second-order valence-electron chi connectivity index (χ2n) is 5.04. The zero-order valence-corrected chi connectivity index (χ0v) is 14.7. The Hall–Kier alpha value is -1.18. The molecule has 0 unspecified atom stereocenters. The Morgan fingerprint density at radius 3 is 2.57 bits per heavy atom. The molecular weight excluding hydrogens is 381 g/mol. The Morgan fingerprint density at radius 1 is 1.29 bits per heavy atom. The van der Waals surface area contributed by atoms with E-state index in [1.54, 1.807) is 6.07 Å². The molecule has 1 aromatic rings. The fraction of sp³-hybridized carbons (Fsp3) is 0.533. The minimum Gasteiger partial charge on any atom is -0.504 e. The van der Waals surface area contributed by atoms with Gasteiger partial charge in [0.1, 0.15) is 0 Å². The van der Waals surface area contributed by atoms with Gasteiger partial charge in [-0.3, -0.25) is 0 Å². The quantitative estimate of drug-likeness (QED) is 0.461. The van der Waals surface area contributed by atoms with Crippen molar-refractivity contribution in [2.75, 3.05) is 20.2 Å². The Kier molecular flexibility index (Phi) is 7.63. The largest absolute Gasteiger partial charge is 0.504 e. The zero-order valence-electron chi connectivity index (χ0n) is 12.4. The number of halogens is 1. The van der Waals surface area contributed by atoms with Gasteiger partial charge in [0.25, 0.3) is 0 Å². The minimum absolute atomic E-state index is 0. The van der Waals surface area contributed by atoms with Crippen molar-refractivity contribution in [3.8, 4) is 11.5 Å². The molecule has 1 aliphatic rings. The number of aliphatic imine (C=N–C) groups is 1. The number of guanidine groups is 1. The van der Waals surface area contributed by atoms with Crippen molar-refractivity contribution in [2.45, 2.75) is 32.2 Å². The summed E-state index contributed by atoms with van der Waals surface area (Å²) < 4.78 is 5.09. The van der Waals surface area contributed by atoms with Crippen molar-refractivity contribution < 1.29 is 9.84 Å². The number of para-hydroxylation sites is 1. The van der Waals surface area contributed by atoms with E-state index in [1.165, 1.54) is 32.8 Å². The summed E-state index contributed by atoms with van der Waals surface area (Å²) in [6.07, 6.45) is 4.86. The van der Waals surface area contributed by atoms with E-state index >= 15 is 0 Å². The van der Waals surface area contributed by atoms with Crippen molar-refractivity contribution >= 4 is 29.9 Å². The van der Waals surface area contributed by atoms with Crippen LogP contribution in [-0.2, 0) is 6.54 Å². The van der Waals surface area contributed by atoms with E-state index in [9.17, 15) is 5.11 Å². The third-order valence-electron chi connectivity index (χ3n) is 3.64. The number of benzene rings is 1. The van der Waals surface area contributed by atoms with Gasteiger partial charge in [-0.1, -0.05) is 25.0 Å². The third-order valence-corrected chi connectivity index (χ3v) is 3.64. The molecule has 0 saturated carbocycles. The molecule has 1 saturated heterocycles. The molecule has 2 rings (SSSR count). The fourth-order valence-electron chi connectivity index (χ4n) is 2.43. The molecular formula is C15H24IN3O2. The van der Waals surface area contributed by atoms with Gasteiger partial charge in [-0.15, -0.1) is 24.0 Å². The van der Waals surface area contributed by atoms with Gasteiger partial charge in [-0.05, 0) is 18.9 Å². The maximum absolute atomic E-state index is 10.0. The van der Waals surface area contributed by atoms with Crippen molar-refractivity contribution in [3.63, 3.8) is 0 Å². The van der Waals surface area contributed by atoms with Crippen LogP contribution >= 0.6 is 24.0 Å². The highest BCUT2D eigenvalue weighted by Crippen LogP contribution is 2.29. The molecule has 1 heterocycles. The molecule has 0 amide bonds. The molecule has 3 N–H and O–H groups in total. The molecule has 0 spiro atoms. The van der Waals surface area contributed by atoms with E-state index in [1.807, 2.05) is 12.1 Å². The van der Waals surface area contributed by atoms with Gasteiger partial charge in [0.2, 0.25) is 0 Å². The van der Waals surface area contributed by atoms with E-state index < -0.39 is 0 Å². The van der Waals surface area contributed by atoms with E-state index in [0.717, 1.165) is 18.7 Å². The first kappa shape index (κ1) is 17.9. The van der Waals surface area contributed by atoms with Crippen LogP contribution in [0.5, 0.6) is 11.5 Å². The van der Waals surface area contributed by atoms with E-state index in [-0.39, 0.29) is 29.7 Å². The lowest BCUT2D eigenvalue weighted by atomic mass is 10.2. The summed E-state index contributed by atoms with van der Waals surface area (Å²) >= 11 is 0. The summed E-state index contributed by atoms with van der Waals surface area (Å²) in [5.41, 5.74) is 6.77. The molecule has 0 atom stereocenters. The summed E-state index contributed by atoms with van der Waals surface area (Å²) in [4.78, 5) is 6.53. The zero-order chi connectivity index (χ0) is 14.4. The van der Waals surface area contributed by atoms with Crippen molar-refractivity contribution in [1.82, 2.24) is 4.90 Å². The lowest BCUT2D eigenvalue weighted by Gasteiger charge is -2.21. The van der Waals surface area contributed by atoms with Crippen LogP contribution in [0.15, 0.2) is 23.2 Å². The van der Waals surface area contributed by atoms with E-state index in [2.05, 4.69) is 9.89 Å². The Balaban J connectivity index is 0.00000220. The first-order valence-electron chi connectivity index (χ1n) is 7.12. The monoisotopic (exact) mass is 405 g/mol. The molecule has 5 nitrogen and oxygen atoms in total. The number of hydrogen-bond donors (Lipinski definition) is 2. The predicted octanol–water partition coefficient (Wildman–Crippen LogP) is 2.71. The second kappa shape index (κ2) is 8.96. The number of aromatic hydroxyl groups is 1. The van der Waals surface area contributed by atoms with Crippen LogP contribution in [-0.4, -0.2) is 36.2 Å². The van der Waals surface area contributed by atoms with Gasteiger partial charge in [-0.2, -0.15) is 0 Å². The van der Waals surface area contributed by atoms with Crippen LogP contribution in [0.4, 0.5) is 0 Å². The van der Waals surface area contributed by atoms with Gasteiger partial charge in [0.15, 0.2) is 17.5 Å². The first-order chi connectivity index (χ1) is 9.72. The van der Waals surface area contributed by atoms with Crippen molar-refractivity contribution in [3.05, 3.63) is 23.8 Å². The number of nitrogens with two attached hydrogens (primary N) is 1. The second-order valence-corrected chi connectivity index (χ2v) is 5.04. The maximum atomic E-state index is 10.0. The highest BCUT2D eigenvalue weighted by Gasteiger charge is 2.11. The number of phenolic OH excluding ortho intramolecular Hbond substituents is 1. The predicted molar refractivity (Wildman–Crippen MR) is 95.4 cm³/mol. The summed E-state index contributed by atoms with van der Waals surface area (Å²) in [7, 11) is 1.54. The number of likely N-dealkylation sites (tertiary alicyclic amines) is 1. The number of phenols is 1. The lowest BCUT2D eigenvalue weighted by molar-refractivity contribution is 0.370. The molecule has 21 heavy (non-hydrogen) atoms. The first-order valence-corrected chi connectivity index (χ1v) is 7.12. The third kappa shape index (κ3) is 4.94. The van der Waals surface area contributed by atoms with Crippen LogP contribution in [0.3, 0.4) is 0 Å². The molecule has 0 bridgehead atoms. The van der Waals surface area contributed by atoms with Gasteiger partial charge < -0.3 is 20.5 Å². The minimum atomic E-state index is 0. The van der Waals surface area contributed by atoms with Crippen LogP contribution in [0.25, 0.3) is 0 Å². The summed E-state index contributed by atoms with van der Waals surface area (Å²) in [5, 5.41) is 10.0. The molecule has 1 fully saturated rings. The summed E-state index contributed by atoms with van der Waals surface area (Å²) in [6, 6.07) is 5.39. The average molecular weight is 405 g/mol. The van der Waals surface area contributed by atoms with E-state index in [0.29, 0.717) is 18.3 Å². The van der Waals surface area contributed by atoms with Crippen LogP contribution in [0.1, 0.15) is 31.2 Å². The summed E-state index contributed by atoms with van der Waals surface area (Å²) in [6.45, 7) is 2.31. The highest BCUT2D eigenvalue weighted by molar-refractivity contribution is 14.0. The Bertz CT molecular complexity index is 472. The molecule has 0 radical (unpaired) electrons. The topological polar surface area (TPSA) is 71.1 Å². The molecule has 6 heteroatoms. The summed E-state index contributed by atoms with van der Waals surface area (Å²) in [5.74, 6) is 1.17. The average Bonchev–Trinajstić information content (AvgIpc) is 2.75. The SMILES string of the molecule is COc1cccc(CN=C(N)N2CCCCCC2)c1O.I. The molecule has 1 aromatic carbocycles. The van der Waals surface area contributed by atoms with Gasteiger partial charge in [0, 0.05) is 18.7 Å². The van der Waals surface area contributed by atoms with Crippen LogP contribution < -0.4 is 10.5 Å². The Labute approximate surface area is 143 Å². The van der Waals surface area contributed by atoms with Crippen LogP contribution in [0, 0.1) is 0 Å². The van der Waals surface area contributed by atoms with Crippen LogP contribution in [0.2, 0.25) is 0 Å². The molecule has 1 aliphatic heterocycles. The smallest absolute Gasteiger partial charge is 0.191 e. The highest BCUT2D eigenvalue weighted by atomic mass is 127. The normalized spacial score (nSPS) is 16.0.